The number of nitrogens with zero attached hydrogens (tertiary/aromatic N) is 3. The van der Waals surface area contributed by atoms with Gasteiger partial charge in [-0.1, -0.05) is 23.8 Å². The van der Waals surface area contributed by atoms with Gasteiger partial charge in [-0.15, -0.1) is 0 Å². The highest BCUT2D eigenvalue weighted by molar-refractivity contribution is 5.94. The van der Waals surface area contributed by atoms with Crippen molar-refractivity contribution >= 4 is 5.91 Å². The first-order chi connectivity index (χ1) is 14.0. The molecule has 2 saturated heterocycles. The Morgan fingerprint density at radius 3 is 2.83 bits per heavy atom. The second kappa shape index (κ2) is 8.64. The summed E-state index contributed by atoms with van der Waals surface area (Å²) >= 11 is 0. The normalized spacial score (nSPS) is 21.1. The minimum atomic E-state index is 0.162. The van der Waals surface area contributed by atoms with E-state index in [-0.39, 0.29) is 17.4 Å². The third-order valence-electron chi connectivity index (χ3n) is 6.35. The van der Waals surface area contributed by atoms with Gasteiger partial charge in [-0.2, -0.15) is 0 Å². The summed E-state index contributed by atoms with van der Waals surface area (Å²) < 4.78 is 6.19. The third-order valence-corrected chi connectivity index (χ3v) is 6.35. The average molecular weight is 394 g/mol. The third kappa shape index (κ3) is 4.85. The number of likely N-dealkylation sites (tertiary alicyclic amines) is 1. The maximum Gasteiger partial charge on any atom is 0.253 e. The molecule has 1 aromatic carbocycles. The maximum absolute atomic E-state index is 12.8. The Balaban J connectivity index is 1.27. The molecule has 1 spiro atoms. The van der Waals surface area contributed by atoms with Gasteiger partial charge in [-0.3, -0.25) is 14.7 Å². The van der Waals surface area contributed by atoms with E-state index in [0.717, 1.165) is 63.2 Å². The molecule has 3 heterocycles. The summed E-state index contributed by atoms with van der Waals surface area (Å²) in [6, 6.07) is 12.0. The van der Waals surface area contributed by atoms with Crippen LogP contribution in [0.4, 0.5) is 0 Å². The zero-order chi connectivity index (χ0) is 20.3. The van der Waals surface area contributed by atoms with Crippen LogP contribution < -0.4 is 0 Å². The summed E-state index contributed by atoms with van der Waals surface area (Å²) in [5, 5.41) is 0. The molecule has 1 amide bonds. The number of amides is 1. The van der Waals surface area contributed by atoms with E-state index in [0.29, 0.717) is 0 Å². The number of pyridine rings is 1. The molecule has 0 radical (unpaired) electrons. The Hall–Kier alpha value is -2.24. The lowest BCUT2D eigenvalue weighted by Crippen LogP contribution is -2.43. The SMILES string of the molecule is Cc1cccc(C(=O)N2CCC3(CC2)COC(CN(C)Cc2cccnc2)C3)c1. The Bertz CT molecular complexity index is 831. The molecule has 1 aromatic heterocycles. The lowest BCUT2D eigenvalue weighted by atomic mass is 9.76. The number of piperidine rings is 1. The fourth-order valence-corrected chi connectivity index (χ4v) is 4.72. The molecule has 2 aliphatic heterocycles. The van der Waals surface area contributed by atoms with E-state index < -0.39 is 0 Å². The van der Waals surface area contributed by atoms with Gasteiger partial charge in [0, 0.05) is 44.1 Å². The van der Waals surface area contributed by atoms with Crippen LogP contribution in [0.5, 0.6) is 0 Å². The van der Waals surface area contributed by atoms with Crippen LogP contribution in [-0.2, 0) is 11.3 Å². The molecule has 29 heavy (non-hydrogen) atoms. The monoisotopic (exact) mass is 393 g/mol. The minimum absolute atomic E-state index is 0.162. The molecule has 2 aliphatic rings. The highest BCUT2D eigenvalue weighted by atomic mass is 16.5. The van der Waals surface area contributed by atoms with Crippen LogP contribution in [0.2, 0.25) is 0 Å². The summed E-state index contributed by atoms with van der Waals surface area (Å²) in [5.74, 6) is 0.162. The summed E-state index contributed by atoms with van der Waals surface area (Å²) in [5.41, 5.74) is 3.40. The van der Waals surface area contributed by atoms with Crippen molar-refractivity contribution in [1.82, 2.24) is 14.8 Å². The van der Waals surface area contributed by atoms with Crippen molar-refractivity contribution in [2.45, 2.75) is 38.8 Å². The summed E-state index contributed by atoms with van der Waals surface area (Å²) in [6.45, 7) is 6.33. The molecule has 2 aromatic rings. The first kappa shape index (κ1) is 20.0. The van der Waals surface area contributed by atoms with Crippen molar-refractivity contribution in [3.05, 3.63) is 65.5 Å². The van der Waals surface area contributed by atoms with Crippen LogP contribution in [0.15, 0.2) is 48.8 Å². The lowest BCUT2D eigenvalue weighted by molar-refractivity contribution is 0.0457. The van der Waals surface area contributed by atoms with E-state index in [1.54, 1.807) is 0 Å². The average Bonchev–Trinajstić information content (AvgIpc) is 3.10. The number of aromatic nitrogens is 1. The highest BCUT2D eigenvalue weighted by Gasteiger charge is 2.43. The molecule has 1 unspecified atom stereocenters. The number of carbonyl (C=O) groups is 1. The summed E-state index contributed by atoms with van der Waals surface area (Å²) in [6.07, 6.45) is 7.17. The number of hydrogen-bond acceptors (Lipinski definition) is 4. The van der Waals surface area contributed by atoms with E-state index in [2.05, 4.69) is 23.0 Å². The summed E-state index contributed by atoms with van der Waals surface area (Å²) in [7, 11) is 2.14. The van der Waals surface area contributed by atoms with E-state index >= 15 is 0 Å². The molecule has 0 N–H and O–H groups in total. The number of aryl methyl sites for hydroxylation is 1. The maximum atomic E-state index is 12.8. The van der Waals surface area contributed by atoms with Crippen LogP contribution in [0.1, 0.15) is 40.7 Å². The van der Waals surface area contributed by atoms with Gasteiger partial charge in [0.05, 0.1) is 12.7 Å². The molecule has 4 rings (SSSR count). The van der Waals surface area contributed by atoms with Crippen LogP contribution >= 0.6 is 0 Å². The quantitative estimate of drug-likeness (QED) is 0.780. The van der Waals surface area contributed by atoms with Crippen molar-refractivity contribution in [1.29, 1.82) is 0 Å². The van der Waals surface area contributed by atoms with Gasteiger partial charge < -0.3 is 9.64 Å². The zero-order valence-electron chi connectivity index (χ0n) is 17.5. The van der Waals surface area contributed by atoms with E-state index in [1.165, 1.54) is 5.56 Å². The first-order valence-corrected chi connectivity index (χ1v) is 10.6. The Kier molecular flexibility index (Phi) is 5.97. The number of hydrogen-bond donors (Lipinski definition) is 0. The van der Waals surface area contributed by atoms with Gasteiger partial charge in [0.2, 0.25) is 0 Å². The number of ether oxygens (including phenoxy) is 1. The van der Waals surface area contributed by atoms with Crippen LogP contribution in [0.3, 0.4) is 0 Å². The van der Waals surface area contributed by atoms with E-state index in [9.17, 15) is 4.79 Å². The van der Waals surface area contributed by atoms with Gasteiger partial charge in [-0.05, 0) is 62.4 Å². The number of likely N-dealkylation sites (N-methyl/N-ethyl adjacent to an activating group) is 1. The van der Waals surface area contributed by atoms with E-state index in [1.807, 2.05) is 54.5 Å². The molecule has 1 atom stereocenters. The van der Waals surface area contributed by atoms with Crippen molar-refractivity contribution in [3.63, 3.8) is 0 Å². The molecule has 2 fully saturated rings. The van der Waals surface area contributed by atoms with Crippen LogP contribution in [-0.4, -0.2) is 60.1 Å². The Morgan fingerprint density at radius 1 is 1.28 bits per heavy atom. The topological polar surface area (TPSA) is 45.7 Å². The zero-order valence-corrected chi connectivity index (χ0v) is 17.5. The number of benzene rings is 1. The minimum Gasteiger partial charge on any atom is -0.376 e. The van der Waals surface area contributed by atoms with Crippen LogP contribution in [0, 0.1) is 12.3 Å². The molecule has 5 heteroatoms. The second-order valence-corrected chi connectivity index (χ2v) is 8.86. The second-order valence-electron chi connectivity index (χ2n) is 8.86. The van der Waals surface area contributed by atoms with Gasteiger partial charge >= 0.3 is 0 Å². The number of carbonyl (C=O) groups excluding carboxylic acids is 1. The van der Waals surface area contributed by atoms with Crippen molar-refractivity contribution < 1.29 is 9.53 Å². The van der Waals surface area contributed by atoms with Crippen molar-refractivity contribution in [2.75, 3.05) is 33.3 Å². The van der Waals surface area contributed by atoms with Gasteiger partial charge in [0.1, 0.15) is 0 Å². The largest absolute Gasteiger partial charge is 0.376 e. The summed E-state index contributed by atoms with van der Waals surface area (Å²) in [4.78, 5) is 21.3. The molecule has 0 bridgehead atoms. The predicted octanol–water partition coefficient (Wildman–Crippen LogP) is 3.53. The fourth-order valence-electron chi connectivity index (χ4n) is 4.72. The van der Waals surface area contributed by atoms with Crippen molar-refractivity contribution in [3.8, 4) is 0 Å². The Labute approximate surface area is 173 Å². The highest BCUT2D eigenvalue weighted by Crippen LogP contribution is 2.42. The molecular weight excluding hydrogens is 362 g/mol. The molecule has 5 nitrogen and oxygen atoms in total. The predicted molar refractivity (Wildman–Crippen MR) is 114 cm³/mol. The fraction of sp³-hybridized carbons (Fsp3) is 0.500. The van der Waals surface area contributed by atoms with Crippen LogP contribution in [0.25, 0.3) is 0 Å². The van der Waals surface area contributed by atoms with Gasteiger partial charge in [0.25, 0.3) is 5.91 Å². The van der Waals surface area contributed by atoms with Gasteiger partial charge in [-0.25, -0.2) is 0 Å². The molecule has 0 aliphatic carbocycles. The molecule has 0 saturated carbocycles. The standard InChI is InChI=1S/C24H31N3O2/c1-19-5-3-7-21(13-19)23(28)27-11-8-24(9-12-27)14-22(29-18-24)17-26(2)16-20-6-4-10-25-15-20/h3-7,10,13,15,22H,8-9,11-12,14,16-18H2,1-2H3. The first-order valence-electron chi connectivity index (χ1n) is 10.6. The smallest absolute Gasteiger partial charge is 0.253 e. The lowest BCUT2D eigenvalue weighted by Gasteiger charge is -2.38. The van der Waals surface area contributed by atoms with Crippen molar-refractivity contribution in [2.24, 2.45) is 5.41 Å². The van der Waals surface area contributed by atoms with Gasteiger partial charge in [0.15, 0.2) is 0 Å². The Morgan fingerprint density at radius 2 is 2.10 bits per heavy atom. The molecular formula is C24H31N3O2. The molecule has 154 valence electrons. The van der Waals surface area contributed by atoms with E-state index in [4.69, 9.17) is 4.74 Å². The number of rotatable bonds is 5.